The van der Waals surface area contributed by atoms with E-state index in [0.717, 1.165) is 22.4 Å². The predicted octanol–water partition coefficient (Wildman–Crippen LogP) is 3.23. The number of aromatic nitrogens is 4. The first-order chi connectivity index (χ1) is 16.9. The molecule has 4 aromatic rings. The van der Waals surface area contributed by atoms with Crippen LogP contribution in [0.4, 0.5) is 4.39 Å². The topological polar surface area (TPSA) is 105 Å². The summed E-state index contributed by atoms with van der Waals surface area (Å²) < 4.78 is 26.6. The molecule has 35 heavy (non-hydrogen) atoms. The number of fused-ring (bicyclic) bond motifs is 1. The number of aryl methyl sites for hydroxylation is 1. The van der Waals surface area contributed by atoms with E-state index in [0.29, 0.717) is 17.1 Å². The van der Waals surface area contributed by atoms with Crippen LogP contribution in [0.3, 0.4) is 0 Å². The second kappa shape index (κ2) is 10.5. The Balaban J connectivity index is 1.91. The van der Waals surface area contributed by atoms with Crippen LogP contribution in [0.2, 0.25) is 5.02 Å². The van der Waals surface area contributed by atoms with Crippen molar-refractivity contribution >= 4 is 29.1 Å². The van der Waals surface area contributed by atoms with Gasteiger partial charge in [0.2, 0.25) is 0 Å². The number of benzene rings is 1. The maximum absolute atomic E-state index is 13.7. The van der Waals surface area contributed by atoms with Gasteiger partial charge in [-0.2, -0.15) is 0 Å². The van der Waals surface area contributed by atoms with Gasteiger partial charge >= 0.3 is 5.69 Å². The largest absolute Gasteiger partial charge is 0.468 e. The molecule has 1 aromatic carbocycles. The van der Waals surface area contributed by atoms with Crippen LogP contribution in [-0.4, -0.2) is 32.2 Å². The van der Waals surface area contributed by atoms with Gasteiger partial charge in [0.15, 0.2) is 0 Å². The van der Waals surface area contributed by atoms with Crippen LogP contribution in [0, 0.1) is 5.82 Å². The number of hydrogen-bond acceptors (Lipinski definition) is 7. The van der Waals surface area contributed by atoms with E-state index in [-0.39, 0.29) is 48.5 Å². The first-order valence-electron chi connectivity index (χ1n) is 10.6. The van der Waals surface area contributed by atoms with Gasteiger partial charge in [0.05, 0.1) is 30.6 Å². The van der Waals surface area contributed by atoms with Crippen molar-refractivity contribution in [2.24, 2.45) is 7.05 Å². The van der Waals surface area contributed by atoms with Crippen molar-refractivity contribution in [3.05, 3.63) is 91.7 Å². The summed E-state index contributed by atoms with van der Waals surface area (Å²) >= 11 is 6.02. The Morgan fingerprint density at radius 1 is 1.14 bits per heavy atom. The molecule has 0 fully saturated rings. The highest BCUT2D eigenvalue weighted by atomic mass is 35.5. The minimum atomic E-state index is -0.585. The molecule has 3 heterocycles. The number of hydrogen-bond donors (Lipinski definition) is 0. The van der Waals surface area contributed by atoms with E-state index in [1.807, 2.05) is 0 Å². The van der Waals surface area contributed by atoms with E-state index in [1.165, 1.54) is 24.0 Å². The van der Waals surface area contributed by atoms with Gasteiger partial charge in [0, 0.05) is 36.7 Å². The lowest BCUT2D eigenvalue weighted by molar-refractivity contribution is -0.128. The summed E-state index contributed by atoms with van der Waals surface area (Å²) in [4.78, 5) is 44.9. The fraction of sp³-hybridized carbons (Fsp3) is 0.208. The fourth-order valence-electron chi connectivity index (χ4n) is 3.69. The number of carbonyl (C=O) groups is 1. The Kier molecular flexibility index (Phi) is 7.21. The molecule has 0 aliphatic heterocycles. The third kappa shape index (κ3) is 5.22. The van der Waals surface area contributed by atoms with Gasteiger partial charge in [0.25, 0.3) is 12.0 Å². The Labute approximate surface area is 203 Å². The summed E-state index contributed by atoms with van der Waals surface area (Å²) in [5.74, 6) is -0.246. The van der Waals surface area contributed by atoms with Crippen molar-refractivity contribution < 1.29 is 18.7 Å². The molecule has 9 nitrogen and oxygen atoms in total. The maximum atomic E-state index is 13.7. The van der Waals surface area contributed by atoms with Gasteiger partial charge < -0.3 is 9.47 Å². The van der Waals surface area contributed by atoms with Crippen LogP contribution in [0.25, 0.3) is 11.0 Å². The van der Waals surface area contributed by atoms with Gasteiger partial charge in [0.1, 0.15) is 23.0 Å². The molecular weight excluding hydrogens is 479 g/mol. The molecule has 0 saturated carbocycles. The molecule has 0 bridgehead atoms. The van der Waals surface area contributed by atoms with Gasteiger partial charge in [-0.15, -0.1) is 0 Å². The molecular formula is C24H20ClFN4O5. The maximum Gasteiger partial charge on any atom is 0.332 e. The number of ether oxygens (including phenoxy) is 2. The summed E-state index contributed by atoms with van der Waals surface area (Å²) in [6.45, 7) is 0.400. The van der Waals surface area contributed by atoms with Crippen LogP contribution < -0.4 is 16.0 Å². The first kappa shape index (κ1) is 24.1. The zero-order chi connectivity index (χ0) is 24.9. The average Bonchev–Trinajstić information content (AvgIpc) is 2.84. The highest BCUT2D eigenvalue weighted by Crippen LogP contribution is 2.30. The third-order valence-electron chi connectivity index (χ3n) is 5.34. The molecule has 4 rings (SSSR count). The van der Waals surface area contributed by atoms with Gasteiger partial charge in [-0.3, -0.25) is 23.7 Å². The number of halogens is 2. The normalized spacial score (nSPS) is 10.9. The second-order valence-electron chi connectivity index (χ2n) is 7.66. The van der Waals surface area contributed by atoms with E-state index in [4.69, 9.17) is 16.3 Å². The molecule has 0 spiro atoms. The Morgan fingerprint density at radius 2 is 1.91 bits per heavy atom. The lowest BCUT2D eigenvalue weighted by Gasteiger charge is -2.16. The predicted molar refractivity (Wildman–Crippen MR) is 126 cm³/mol. The van der Waals surface area contributed by atoms with E-state index in [2.05, 4.69) is 14.7 Å². The van der Waals surface area contributed by atoms with E-state index >= 15 is 0 Å². The monoisotopic (exact) mass is 498 g/mol. The molecule has 180 valence electrons. The van der Waals surface area contributed by atoms with E-state index in [1.54, 1.807) is 24.3 Å². The Morgan fingerprint density at radius 3 is 2.63 bits per heavy atom. The lowest BCUT2D eigenvalue weighted by atomic mass is 10.0. The van der Waals surface area contributed by atoms with Crippen LogP contribution in [0.5, 0.6) is 11.5 Å². The van der Waals surface area contributed by atoms with Crippen molar-refractivity contribution in [2.75, 3.05) is 6.61 Å². The summed E-state index contributed by atoms with van der Waals surface area (Å²) in [6.07, 6.45) is 4.29. The van der Waals surface area contributed by atoms with Crippen LogP contribution in [0.1, 0.15) is 17.5 Å². The highest BCUT2D eigenvalue weighted by Gasteiger charge is 2.20. The van der Waals surface area contributed by atoms with Gasteiger partial charge in [-0.25, -0.2) is 14.2 Å². The zero-order valence-corrected chi connectivity index (χ0v) is 19.4. The third-order valence-corrected chi connectivity index (χ3v) is 5.59. The lowest BCUT2D eigenvalue weighted by Crippen LogP contribution is -2.40. The molecule has 0 N–H and O–H groups in total. The van der Waals surface area contributed by atoms with Crippen LogP contribution in [-0.2, 0) is 29.5 Å². The number of carbonyl (C=O) groups excluding carboxylic acids is 1. The molecule has 0 radical (unpaired) electrons. The molecule has 0 unspecified atom stereocenters. The fourth-order valence-corrected chi connectivity index (χ4v) is 3.82. The van der Waals surface area contributed by atoms with Crippen molar-refractivity contribution in [2.45, 2.75) is 19.4 Å². The molecule has 0 aliphatic carbocycles. The Hall–Kier alpha value is -4.05. The minimum Gasteiger partial charge on any atom is -0.468 e. The molecule has 3 aromatic heterocycles. The molecule has 0 atom stereocenters. The van der Waals surface area contributed by atoms with E-state index < -0.39 is 17.1 Å². The quantitative estimate of drug-likeness (QED) is 0.258. The smallest absolute Gasteiger partial charge is 0.332 e. The van der Waals surface area contributed by atoms with Crippen molar-refractivity contribution in [3.63, 3.8) is 0 Å². The Bertz CT molecular complexity index is 1500. The van der Waals surface area contributed by atoms with Crippen LogP contribution >= 0.6 is 11.6 Å². The van der Waals surface area contributed by atoms with Crippen molar-refractivity contribution in [1.82, 2.24) is 19.1 Å². The number of nitrogens with zero attached hydrogens (tertiary/aromatic N) is 4. The molecule has 0 saturated heterocycles. The number of pyridine rings is 2. The SMILES string of the molecule is Cn1c(=O)n(CCCOC=O)c(=O)c2c(Cc3ccc(Cl)cc3)c(Oc3cncc(F)c3)cnc21. The standard InChI is InChI=1S/C24H20ClFN4O5/c1-29-22-21(23(32)30(24(29)33)7-2-8-34-14-31)19(9-15-3-5-16(25)6-4-15)20(13-28-22)35-18-10-17(26)11-27-12-18/h3-6,10-14H,2,7-9H2,1H3. The highest BCUT2D eigenvalue weighted by molar-refractivity contribution is 6.30. The summed E-state index contributed by atoms with van der Waals surface area (Å²) in [5.41, 5.74) is 0.340. The summed E-state index contributed by atoms with van der Waals surface area (Å²) in [6, 6.07) is 8.21. The zero-order valence-electron chi connectivity index (χ0n) is 18.6. The molecule has 11 heteroatoms. The molecule has 0 amide bonds. The van der Waals surface area contributed by atoms with Crippen molar-refractivity contribution in [1.29, 1.82) is 0 Å². The van der Waals surface area contributed by atoms with Gasteiger partial charge in [-0.1, -0.05) is 23.7 Å². The van der Waals surface area contributed by atoms with Crippen molar-refractivity contribution in [3.8, 4) is 11.5 Å². The number of rotatable bonds is 9. The van der Waals surface area contributed by atoms with Crippen LogP contribution in [0.15, 0.2) is 58.5 Å². The summed E-state index contributed by atoms with van der Waals surface area (Å²) in [5, 5.41) is 0.734. The summed E-state index contributed by atoms with van der Waals surface area (Å²) in [7, 11) is 1.51. The second-order valence-corrected chi connectivity index (χ2v) is 8.10. The molecule has 0 aliphatic rings. The first-order valence-corrected chi connectivity index (χ1v) is 11.0. The minimum absolute atomic E-state index is 0.0363. The van der Waals surface area contributed by atoms with Gasteiger partial charge in [-0.05, 0) is 24.1 Å². The average molecular weight is 499 g/mol. The van der Waals surface area contributed by atoms with E-state index in [9.17, 15) is 18.8 Å².